The third-order valence-corrected chi connectivity index (χ3v) is 7.49. The lowest BCUT2D eigenvalue weighted by atomic mass is 10.1. The lowest BCUT2D eigenvalue weighted by molar-refractivity contribution is -0.150. The molecule has 2 atom stereocenters. The van der Waals surface area contributed by atoms with Crippen LogP contribution >= 0.6 is 0 Å². The van der Waals surface area contributed by atoms with Crippen molar-refractivity contribution >= 4 is 53.5 Å². The van der Waals surface area contributed by atoms with Gasteiger partial charge in [0.15, 0.2) is 23.0 Å². The summed E-state index contributed by atoms with van der Waals surface area (Å²) in [5.41, 5.74) is 0.150. The number of carboxylic acid groups (broad SMARTS) is 1. The molecule has 302 valence electrons. The Hall–Kier alpha value is -7.11. The molecule has 0 bridgehead atoms. The summed E-state index contributed by atoms with van der Waals surface area (Å²) in [6.45, 7) is 4.02. The molecule has 0 heterocycles. The fraction of sp³-hybridized carbons (Fsp3) is 0.308. The minimum absolute atomic E-state index is 0.0147. The first kappa shape index (κ1) is 44.3. The molecule has 3 rings (SSSR count). The van der Waals surface area contributed by atoms with Gasteiger partial charge in [0.1, 0.15) is 18.7 Å². The van der Waals surface area contributed by atoms with Gasteiger partial charge in [-0.15, -0.1) is 0 Å². The van der Waals surface area contributed by atoms with Gasteiger partial charge in [-0.3, -0.25) is 38.4 Å². The van der Waals surface area contributed by atoms with E-state index in [4.69, 9.17) is 23.7 Å². The average Bonchev–Trinajstić information content (AvgIpc) is 3.14. The lowest BCUT2D eigenvalue weighted by Gasteiger charge is -2.23. The van der Waals surface area contributed by atoms with Gasteiger partial charge in [-0.1, -0.05) is 42.5 Å². The number of ether oxygens (including phenoxy) is 5. The highest BCUT2D eigenvalue weighted by Crippen LogP contribution is 2.33. The molecule has 0 fully saturated rings. The molecule has 0 saturated heterocycles. The Morgan fingerprint density at radius 2 is 1.12 bits per heavy atom. The maximum Gasteiger partial charge on any atom is 0.328 e. The number of hydrogen-bond donors (Lipinski definition) is 4. The molecule has 0 spiro atoms. The van der Waals surface area contributed by atoms with Crippen LogP contribution in [0.3, 0.4) is 0 Å². The molecule has 0 radical (unpaired) electrons. The van der Waals surface area contributed by atoms with Gasteiger partial charge in [0.25, 0.3) is 11.8 Å². The van der Waals surface area contributed by atoms with Crippen LogP contribution in [0.2, 0.25) is 0 Å². The van der Waals surface area contributed by atoms with Crippen LogP contribution < -0.4 is 34.9 Å². The molecule has 57 heavy (non-hydrogen) atoms. The number of carbonyl (C=O) groups is 9. The highest BCUT2D eigenvalue weighted by atomic mass is 16.6. The quantitative estimate of drug-likeness (QED) is 0.0774. The van der Waals surface area contributed by atoms with Crippen LogP contribution in [0.25, 0.3) is 0 Å². The molecule has 18 heteroatoms. The van der Waals surface area contributed by atoms with Crippen molar-refractivity contribution in [2.24, 2.45) is 0 Å². The summed E-state index contributed by atoms with van der Waals surface area (Å²) in [6, 6.07) is 13.5. The molecule has 4 N–H and O–H groups in total. The Balaban J connectivity index is 1.88. The summed E-state index contributed by atoms with van der Waals surface area (Å²) in [4.78, 5) is 112. The first-order valence-corrected chi connectivity index (χ1v) is 17.4. The van der Waals surface area contributed by atoms with Crippen LogP contribution in [0.15, 0.2) is 66.7 Å². The molecule has 0 aliphatic heterocycles. The maximum absolute atomic E-state index is 13.8. The summed E-state index contributed by atoms with van der Waals surface area (Å²) in [5, 5.41) is 16.9. The highest BCUT2D eigenvalue weighted by Gasteiger charge is 2.30. The van der Waals surface area contributed by atoms with E-state index in [-0.39, 0.29) is 60.8 Å². The Bertz CT molecular complexity index is 2000. The average molecular weight is 792 g/mol. The minimum atomic E-state index is -1.48. The predicted molar refractivity (Wildman–Crippen MR) is 196 cm³/mol. The van der Waals surface area contributed by atoms with Crippen molar-refractivity contribution in [1.82, 2.24) is 16.0 Å². The second-order valence-electron chi connectivity index (χ2n) is 12.2. The Morgan fingerprint density at radius 1 is 0.596 bits per heavy atom. The van der Waals surface area contributed by atoms with E-state index < -0.39 is 77.8 Å². The van der Waals surface area contributed by atoms with Crippen molar-refractivity contribution in [2.75, 3.05) is 6.54 Å². The fourth-order valence-electron chi connectivity index (χ4n) is 5.08. The predicted octanol–water partition coefficient (Wildman–Crippen LogP) is 2.79. The van der Waals surface area contributed by atoms with Crippen molar-refractivity contribution in [3.8, 4) is 23.0 Å². The molecule has 3 aromatic carbocycles. The molecule has 3 amide bonds. The Kier molecular flexibility index (Phi) is 16.9. The Morgan fingerprint density at radius 3 is 1.63 bits per heavy atom. The van der Waals surface area contributed by atoms with Crippen LogP contribution in [-0.4, -0.2) is 77.3 Å². The van der Waals surface area contributed by atoms with E-state index in [0.717, 1.165) is 27.7 Å². The fourth-order valence-corrected chi connectivity index (χ4v) is 5.08. The zero-order valence-electron chi connectivity index (χ0n) is 31.4. The van der Waals surface area contributed by atoms with Crippen LogP contribution in [0.5, 0.6) is 23.0 Å². The third kappa shape index (κ3) is 14.6. The molecule has 3 aromatic rings. The summed E-state index contributed by atoms with van der Waals surface area (Å²) in [5.74, 6) is -9.26. The summed E-state index contributed by atoms with van der Waals surface area (Å²) in [6.07, 6.45) is -1.13. The molecule has 0 unspecified atom stereocenters. The van der Waals surface area contributed by atoms with Gasteiger partial charge in [-0.25, -0.2) is 4.79 Å². The first-order valence-electron chi connectivity index (χ1n) is 17.4. The van der Waals surface area contributed by atoms with Crippen molar-refractivity contribution < 1.29 is 71.9 Å². The normalized spacial score (nSPS) is 11.4. The van der Waals surface area contributed by atoms with E-state index in [2.05, 4.69) is 16.0 Å². The van der Waals surface area contributed by atoms with Gasteiger partial charge in [0.05, 0.1) is 11.1 Å². The number of para-hydroxylation sites is 2. The molecular formula is C39H41N3O15. The topological polar surface area (TPSA) is 256 Å². The monoisotopic (exact) mass is 791 g/mol. The van der Waals surface area contributed by atoms with Gasteiger partial charge in [0.2, 0.25) is 5.91 Å². The molecule has 0 saturated carbocycles. The number of hydrogen-bond acceptors (Lipinski definition) is 14. The van der Waals surface area contributed by atoms with Gasteiger partial charge in [0, 0.05) is 40.7 Å². The number of amides is 3. The molecule has 0 aromatic heterocycles. The zero-order valence-corrected chi connectivity index (χ0v) is 31.4. The molecule has 0 aliphatic carbocycles. The van der Waals surface area contributed by atoms with Crippen molar-refractivity contribution in [3.63, 3.8) is 0 Å². The van der Waals surface area contributed by atoms with Crippen molar-refractivity contribution in [2.45, 2.75) is 72.1 Å². The third-order valence-electron chi connectivity index (χ3n) is 7.49. The van der Waals surface area contributed by atoms with E-state index >= 15 is 0 Å². The van der Waals surface area contributed by atoms with Crippen molar-refractivity contribution in [1.29, 1.82) is 0 Å². The van der Waals surface area contributed by atoms with Crippen LogP contribution in [0.1, 0.15) is 79.7 Å². The van der Waals surface area contributed by atoms with Gasteiger partial charge < -0.3 is 44.7 Å². The first-order chi connectivity index (χ1) is 27.0. The summed E-state index contributed by atoms with van der Waals surface area (Å²) in [7, 11) is 0. The van der Waals surface area contributed by atoms with Gasteiger partial charge >= 0.3 is 35.8 Å². The lowest BCUT2D eigenvalue weighted by Crippen LogP contribution is -2.52. The number of carbonyl (C=O) groups excluding carboxylic acids is 8. The van der Waals surface area contributed by atoms with Crippen molar-refractivity contribution in [3.05, 3.63) is 83.4 Å². The highest BCUT2D eigenvalue weighted by molar-refractivity contribution is 6.02. The smallest absolute Gasteiger partial charge is 0.328 e. The van der Waals surface area contributed by atoms with E-state index in [0.29, 0.717) is 5.56 Å². The molecule has 0 aliphatic rings. The zero-order chi connectivity index (χ0) is 42.1. The number of nitrogens with one attached hydrogen (secondary N) is 3. The van der Waals surface area contributed by atoms with Crippen LogP contribution in [0.4, 0.5) is 0 Å². The number of rotatable bonds is 19. The van der Waals surface area contributed by atoms with Gasteiger partial charge in [-0.2, -0.15) is 0 Å². The van der Waals surface area contributed by atoms with E-state index in [1.165, 1.54) is 36.4 Å². The number of aliphatic carboxylic acids is 1. The molecule has 18 nitrogen and oxygen atoms in total. The summed E-state index contributed by atoms with van der Waals surface area (Å²) < 4.78 is 25.8. The SMILES string of the molecule is CC(=O)Oc1cccc(C(=O)NCCC[C@@H](NC(=O)c2cccc(OC(C)=O)c2OC(C)=O)C(=O)N[C@@H](CCC(=O)O)C(=O)OCc2ccccc2)c1OC(C)=O. The number of benzene rings is 3. The van der Waals surface area contributed by atoms with Crippen LogP contribution in [0, 0.1) is 0 Å². The maximum atomic E-state index is 13.8. The van der Waals surface area contributed by atoms with E-state index in [9.17, 15) is 48.3 Å². The van der Waals surface area contributed by atoms with Crippen LogP contribution in [-0.2, 0) is 44.9 Å². The molecular weight excluding hydrogens is 750 g/mol. The second kappa shape index (κ2) is 21.7. The Labute approximate surface area is 326 Å². The van der Waals surface area contributed by atoms with Gasteiger partial charge in [-0.05, 0) is 49.1 Å². The largest absolute Gasteiger partial charge is 0.481 e. The number of esters is 5. The standard InChI is InChI=1S/C39H41N3O15/c1-22(43)54-31-16-8-13-27(34(31)56-24(3)45)36(49)40-20-10-15-29(41-37(50)28-14-9-17-32(55-23(2)44)35(28)57-25(4)46)38(51)42-30(18-19-33(47)48)39(52)53-21-26-11-6-5-7-12-26/h5-9,11-14,16-17,29-30H,10,15,18-21H2,1-4H3,(H,40,49)(H,41,50)(H,42,51)(H,47,48)/t29-,30+/m1/s1. The number of carboxylic acids is 1. The minimum Gasteiger partial charge on any atom is -0.481 e. The summed E-state index contributed by atoms with van der Waals surface area (Å²) >= 11 is 0. The van der Waals surface area contributed by atoms with E-state index in [1.807, 2.05) is 0 Å². The van der Waals surface area contributed by atoms with E-state index in [1.54, 1.807) is 30.3 Å². The second-order valence-corrected chi connectivity index (χ2v) is 12.2.